The van der Waals surface area contributed by atoms with Crippen LogP contribution in [0, 0.1) is 5.82 Å². The van der Waals surface area contributed by atoms with Gasteiger partial charge in [-0.05, 0) is 42.5 Å². The molecular formula is C15H11ClFNO3. The monoisotopic (exact) mass is 307 g/mol. The Hall–Kier alpha value is -2.40. The molecule has 108 valence electrons. The number of carbonyl (C=O) groups is 2. The fourth-order valence-corrected chi connectivity index (χ4v) is 1.84. The van der Waals surface area contributed by atoms with Gasteiger partial charge in [0.05, 0.1) is 18.2 Å². The first-order chi connectivity index (χ1) is 10.0. The second-order valence-corrected chi connectivity index (χ2v) is 4.58. The average molecular weight is 308 g/mol. The molecule has 0 spiro atoms. The molecule has 0 heterocycles. The van der Waals surface area contributed by atoms with Crippen molar-refractivity contribution in [2.45, 2.75) is 0 Å². The third-order valence-electron chi connectivity index (χ3n) is 2.74. The normalized spacial score (nSPS) is 10.0. The lowest BCUT2D eigenvalue weighted by Gasteiger charge is -2.07. The summed E-state index contributed by atoms with van der Waals surface area (Å²) in [5.41, 5.74) is 0.673. The van der Waals surface area contributed by atoms with Gasteiger partial charge >= 0.3 is 5.97 Å². The van der Waals surface area contributed by atoms with Crippen molar-refractivity contribution in [3.8, 4) is 0 Å². The van der Waals surface area contributed by atoms with Gasteiger partial charge in [-0.3, -0.25) is 4.79 Å². The molecule has 0 aliphatic carbocycles. The van der Waals surface area contributed by atoms with Gasteiger partial charge in [0, 0.05) is 10.7 Å². The molecule has 1 N–H and O–H groups in total. The van der Waals surface area contributed by atoms with Gasteiger partial charge in [-0.25, -0.2) is 9.18 Å². The molecule has 0 aliphatic rings. The zero-order chi connectivity index (χ0) is 15.4. The maximum Gasteiger partial charge on any atom is 0.337 e. The summed E-state index contributed by atoms with van der Waals surface area (Å²) in [5, 5.41) is 2.74. The SMILES string of the molecule is COC(=O)c1ccc(NC(=O)c2ccc(Cl)cc2F)cc1. The van der Waals surface area contributed by atoms with Crippen molar-refractivity contribution >= 4 is 29.2 Å². The van der Waals surface area contributed by atoms with Crippen molar-refractivity contribution in [1.29, 1.82) is 0 Å². The minimum Gasteiger partial charge on any atom is -0.465 e. The van der Waals surface area contributed by atoms with Gasteiger partial charge in [-0.1, -0.05) is 11.6 Å². The lowest BCUT2D eigenvalue weighted by molar-refractivity contribution is 0.0600. The van der Waals surface area contributed by atoms with Gasteiger partial charge in [-0.2, -0.15) is 0 Å². The molecule has 1 amide bonds. The number of anilines is 1. The highest BCUT2D eigenvalue weighted by Gasteiger charge is 2.12. The highest BCUT2D eigenvalue weighted by Crippen LogP contribution is 2.17. The number of carbonyl (C=O) groups excluding carboxylic acids is 2. The molecule has 2 aromatic rings. The number of rotatable bonds is 3. The molecule has 0 saturated carbocycles. The molecule has 0 aromatic heterocycles. The first kappa shape index (κ1) is 15.0. The first-order valence-corrected chi connectivity index (χ1v) is 6.34. The molecule has 0 bridgehead atoms. The van der Waals surface area contributed by atoms with E-state index in [1.165, 1.54) is 43.5 Å². The predicted octanol–water partition coefficient (Wildman–Crippen LogP) is 3.52. The zero-order valence-corrected chi connectivity index (χ0v) is 11.8. The standard InChI is InChI=1S/C15H11ClFNO3/c1-21-15(20)9-2-5-11(6-3-9)18-14(19)12-7-4-10(16)8-13(12)17/h2-8H,1H3,(H,18,19). The molecule has 4 nitrogen and oxygen atoms in total. The molecule has 6 heteroatoms. The van der Waals surface area contributed by atoms with Crippen LogP contribution in [0.25, 0.3) is 0 Å². The van der Waals surface area contributed by atoms with Crippen LogP contribution in [-0.4, -0.2) is 19.0 Å². The van der Waals surface area contributed by atoms with Gasteiger partial charge in [0.25, 0.3) is 5.91 Å². The van der Waals surface area contributed by atoms with E-state index in [0.717, 1.165) is 6.07 Å². The van der Waals surface area contributed by atoms with Crippen LogP contribution >= 0.6 is 11.6 Å². The summed E-state index contributed by atoms with van der Waals surface area (Å²) in [6, 6.07) is 9.85. The number of benzene rings is 2. The Morgan fingerprint density at radius 3 is 2.38 bits per heavy atom. The number of amides is 1. The Labute approximate surface area is 125 Å². The van der Waals surface area contributed by atoms with Crippen molar-refractivity contribution in [3.63, 3.8) is 0 Å². The van der Waals surface area contributed by atoms with Crippen LogP contribution in [-0.2, 0) is 4.74 Å². The Balaban J connectivity index is 2.14. The van der Waals surface area contributed by atoms with Crippen molar-refractivity contribution in [3.05, 3.63) is 64.4 Å². The fourth-order valence-electron chi connectivity index (χ4n) is 1.68. The number of halogens is 2. The molecule has 0 atom stereocenters. The summed E-state index contributed by atoms with van der Waals surface area (Å²) in [4.78, 5) is 23.2. The number of ether oxygens (including phenoxy) is 1. The van der Waals surface area contributed by atoms with Crippen LogP contribution in [0.15, 0.2) is 42.5 Å². The summed E-state index contributed by atoms with van der Waals surface area (Å²) >= 11 is 5.63. The van der Waals surface area contributed by atoms with E-state index in [-0.39, 0.29) is 10.6 Å². The lowest BCUT2D eigenvalue weighted by Crippen LogP contribution is -2.13. The topological polar surface area (TPSA) is 55.4 Å². The molecule has 0 aliphatic heterocycles. The molecule has 21 heavy (non-hydrogen) atoms. The summed E-state index contributed by atoms with van der Waals surface area (Å²) in [7, 11) is 1.28. The highest BCUT2D eigenvalue weighted by molar-refractivity contribution is 6.30. The highest BCUT2D eigenvalue weighted by atomic mass is 35.5. The lowest BCUT2D eigenvalue weighted by atomic mass is 10.1. The van der Waals surface area contributed by atoms with Crippen LogP contribution in [0.3, 0.4) is 0 Å². The van der Waals surface area contributed by atoms with Crippen LogP contribution < -0.4 is 5.32 Å². The Morgan fingerprint density at radius 1 is 1.14 bits per heavy atom. The molecule has 0 unspecified atom stereocenters. The minimum atomic E-state index is -0.703. The van der Waals surface area contributed by atoms with Crippen molar-refractivity contribution in [2.24, 2.45) is 0 Å². The smallest absolute Gasteiger partial charge is 0.337 e. The maximum atomic E-state index is 13.6. The van der Waals surface area contributed by atoms with E-state index in [2.05, 4.69) is 10.1 Å². The summed E-state index contributed by atoms with van der Waals surface area (Å²) < 4.78 is 18.2. The zero-order valence-electron chi connectivity index (χ0n) is 11.0. The van der Waals surface area contributed by atoms with E-state index in [1.807, 2.05) is 0 Å². The fraction of sp³-hybridized carbons (Fsp3) is 0.0667. The van der Waals surface area contributed by atoms with Crippen LogP contribution in [0.1, 0.15) is 20.7 Å². The molecule has 0 fully saturated rings. The largest absolute Gasteiger partial charge is 0.465 e. The molecule has 2 aromatic carbocycles. The van der Waals surface area contributed by atoms with Gasteiger partial charge in [0.15, 0.2) is 0 Å². The van der Waals surface area contributed by atoms with Crippen molar-refractivity contribution < 1.29 is 18.7 Å². The first-order valence-electron chi connectivity index (χ1n) is 5.96. The molecule has 0 radical (unpaired) electrons. The second kappa shape index (κ2) is 6.37. The Morgan fingerprint density at radius 2 is 1.81 bits per heavy atom. The number of hydrogen-bond acceptors (Lipinski definition) is 3. The number of methoxy groups -OCH3 is 1. The average Bonchev–Trinajstić information content (AvgIpc) is 2.47. The number of esters is 1. The van der Waals surface area contributed by atoms with E-state index < -0.39 is 17.7 Å². The van der Waals surface area contributed by atoms with E-state index >= 15 is 0 Å². The predicted molar refractivity (Wildman–Crippen MR) is 77.1 cm³/mol. The van der Waals surface area contributed by atoms with Crippen LogP contribution in [0.5, 0.6) is 0 Å². The van der Waals surface area contributed by atoms with E-state index in [9.17, 15) is 14.0 Å². The van der Waals surface area contributed by atoms with Crippen LogP contribution in [0.4, 0.5) is 10.1 Å². The van der Waals surface area contributed by atoms with Gasteiger partial charge < -0.3 is 10.1 Å². The maximum absolute atomic E-state index is 13.6. The third-order valence-corrected chi connectivity index (χ3v) is 2.97. The summed E-state index contributed by atoms with van der Waals surface area (Å²) in [6.07, 6.45) is 0. The van der Waals surface area contributed by atoms with E-state index in [0.29, 0.717) is 11.3 Å². The third kappa shape index (κ3) is 3.58. The Kier molecular flexibility index (Phi) is 4.55. The van der Waals surface area contributed by atoms with Crippen molar-refractivity contribution in [2.75, 3.05) is 12.4 Å². The second-order valence-electron chi connectivity index (χ2n) is 4.15. The quantitative estimate of drug-likeness (QED) is 0.883. The van der Waals surface area contributed by atoms with Crippen molar-refractivity contribution in [1.82, 2.24) is 0 Å². The molecular weight excluding hydrogens is 297 g/mol. The summed E-state index contributed by atoms with van der Waals surface area (Å²) in [6.45, 7) is 0. The van der Waals surface area contributed by atoms with Gasteiger partial charge in [-0.15, -0.1) is 0 Å². The van der Waals surface area contributed by atoms with Crippen LogP contribution in [0.2, 0.25) is 5.02 Å². The van der Waals surface area contributed by atoms with E-state index in [4.69, 9.17) is 11.6 Å². The number of hydrogen-bond donors (Lipinski definition) is 1. The number of nitrogens with one attached hydrogen (secondary N) is 1. The molecule has 0 saturated heterocycles. The minimum absolute atomic E-state index is 0.114. The van der Waals surface area contributed by atoms with Gasteiger partial charge in [0.2, 0.25) is 0 Å². The summed E-state index contributed by atoms with van der Waals surface area (Å²) in [5.74, 6) is -1.78. The molecule has 2 rings (SSSR count). The van der Waals surface area contributed by atoms with Gasteiger partial charge in [0.1, 0.15) is 5.82 Å². The van der Waals surface area contributed by atoms with E-state index in [1.54, 1.807) is 0 Å². The Bertz CT molecular complexity index is 686.